The monoisotopic (exact) mass is 395 g/mol. The quantitative estimate of drug-likeness (QED) is 0.354. The van der Waals surface area contributed by atoms with Crippen LogP contribution in [0.5, 0.6) is 0 Å². The largest absolute Gasteiger partial charge is 0.451 e. The van der Waals surface area contributed by atoms with Gasteiger partial charge in [0.2, 0.25) is 0 Å². The van der Waals surface area contributed by atoms with E-state index in [1.165, 1.54) is 0 Å². The number of carbonyl (C=O) groups excluding carboxylic acids is 3. The van der Waals surface area contributed by atoms with Crippen LogP contribution in [0.15, 0.2) is 24.3 Å². The molecule has 1 aliphatic rings. The van der Waals surface area contributed by atoms with Gasteiger partial charge < -0.3 is 15.8 Å². The van der Waals surface area contributed by atoms with Gasteiger partial charge in [-0.15, -0.1) is 0 Å². The minimum absolute atomic E-state index is 0.0964. The fourth-order valence-electron chi connectivity index (χ4n) is 3.60. The number of rotatable bonds is 8. The summed E-state index contributed by atoms with van der Waals surface area (Å²) < 4.78 is 0. The normalized spacial score (nSPS) is 20.0. The van der Waals surface area contributed by atoms with E-state index in [0.717, 1.165) is 50.5 Å². The van der Waals surface area contributed by atoms with E-state index in [9.17, 15) is 4.79 Å². The van der Waals surface area contributed by atoms with Gasteiger partial charge in [-0.2, -0.15) is 9.59 Å². The molecular formula is C19H27BClNO5. The number of hydrogen-bond acceptors (Lipinski definition) is 6. The molecule has 0 saturated heterocycles. The number of carbonyl (C=O) groups is 1. The van der Waals surface area contributed by atoms with Crippen LogP contribution in [-0.2, 0) is 9.59 Å². The molecule has 1 aromatic carbocycles. The summed E-state index contributed by atoms with van der Waals surface area (Å²) in [6, 6.07) is 7.28. The summed E-state index contributed by atoms with van der Waals surface area (Å²) in [5.41, 5.74) is 7.04. The number of benzene rings is 1. The first kappa shape index (κ1) is 23.5. The summed E-state index contributed by atoms with van der Waals surface area (Å²) in [6.07, 6.45) is 7.06. The molecule has 148 valence electrons. The third kappa shape index (κ3) is 8.82. The molecule has 27 heavy (non-hydrogen) atoms. The van der Waals surface area contributed by atoms with Crippen LogP contribution in [0, 0.1) is 11.8 Å². The Labute approximate surface area is 165 Å². The lowest BCUT2D eigenvalue weighted by Gasteiger charge is -2.31. The molecule has 6 nitrogen and oxygen atoms in total. The van der Waals surface area contributed by atoms with Crippen molar-refractivity contribution in [2.75, 3.05) is 0 Å². The Hall–Kier alpha value is -1.50. The minimum Gasteiger partial charge on any atom is -0.427 e. The fourth-order valence-corrected chi connectivity index (χ4v) is 3.73. The van der Waals surface area contributed by atoms with Crippen LogP contribution >= 0.6 is 11.6 Å². The highest BCUT2D eigenvalue weighted by Crippen LogP contribution is 2.33. The van der Waals surface area contributed by atoms with Crippen LogP contribution in [0.4, 0.5) is 0 Å². The van der Waals surface area contributed by atoms with Gasteiger partial charge in [-0.25, -0.2) is 0 Å². The molecule has 0 aliphatic heterocycles. The molecule has 0 bridgehead atoms. The summed E-state index contributed by atoms with van der Waals surface area (Å²) in [4.78, 5) is 28.8. The molecule has 0 aromatic heterocycles. The Morgan fingerprint density at radius 1 is 1.15 bits per heavy atom. The lowest BCUT2D eigenvalue weighted by Crippen LogP contribution is -2.34. The van der Waals surface area contributed by atoms with Crippen LogP contribution in [0.25, 0.3) is 0 Å². The molecule has 8 heteroatoms. The van der Waals surface area contributed by atoms with E-state index >= 15 is 0 Å². The first-order valence-corrected chi connectivity index (χ1v) is 9.67. The van der Waals surface area contributed by atoms with E-state index in [-0.39, 0.29) is 23.9 Å². The number of unbranched alkanes of at least 4 members (excludes halogenated alkanes) is 1. The second-order valence-corrected chi connectivity index (χ2v) is 7.43. The average Bonchev–Trinajstić information content (AvgIpc) is 2.66. The van der Waals surface area contributed by atoms with E-state index in [4.69, 9.17) is 37.0 Å². The highest BCUT2D eigenvalue weighted by atomic mass is 35.5. The molecule has 0 amide bonds. The van der Waals surface area contributed by atoms with Crippen molar-refractivity contribution in [1.82, 2.24) is 0 Å². The van der Waals surface area contributed by atoms with Gasteiger partial charge in [0.1, 0.15) is 0 Å². The van der Waals surface area contributed by atoms with Crippen LogP contribution < -0.4 is 5.73 Å². The smallest absolute Gasteiger partial charge is 0.427 e. The summed E-state index contributed by atoms with van der Waals surface area (Å²) in [6.45, 7) is 0. The Morgan fingerprint density at radius 3 is 2.22 bits per heavy atom. The number of ketones is 1. The van der Waals surface area contributed by atoms with Crippen molar-refractivity contribution in [2.45, 2.75) is 57.3 Å². The highest BCUT2D eigenvalue weighted by Gasteiger charge is 2.29. The van der Waals surface area contributed by atoms with Crippen molar-refractivity contribution in [3.63, 3.8) is 0 Å². The third-order valence-electron chi connectivity index (χ3n) is 5.13. The number of halogens is 1. The SMILES string of the molecule is N[C@H](CCCCB(O)O)C1CCC(C(=O)c2ccc(Cl)cc2)CC1.O=C=O. The first-order chi connectivity index (χ1) is 12.9. The van der Waals surface area contributed by atoms with Crippen LogP contribution in [0.2, 0.25) is 11.3 Å². The molecule has 2 rings (SSSR count). The van der Waals surface area contributed by atoms with Gasteiger partial charge in [0.25, 0.3) is 0 Å². The van der Waals surface area contributed by atoms with E-state index in [2.05, 4.69) is 0 Å². The molecule has 1 saturated carbocycles. The first-order valence-electron chi connectivity index (χ1n) is 9.29. The zero-order chi connectivity index (χ0) is 20.2. The van der Waals surface area contributed by atoms with Gasteiger partial charge in [0, 0.05) is 22.5 Å². The molecule has 1 aromatic rings. The highest BCUT2D eigenvalue weighted by molar-refractivity contribution is 6.40. The zero-order valence-corrected chi connectivity index (χ0v) is 16.1. The third-order valence-corrected chi connectivity index (χ3v) is 5.38. The number of nitrogens with two attached hydrogens (primary N) is 1. The van der Waals surface area contributed by atoms with Crippen LogP contribution in [-0.4, -0.2) is 35.1 Å². The summed E-state index contributed by atoms with van der Waals surface area (Å²) in [5.74, 6) is 0.785. The van der Waals surface area contributed by atoms with E-state index in [1.807, 2.05) is 0 Å². The van der Waals surface area contributed by atoms with Crippen molar-refractivity contribution in [1.29, 1.82) is 0 Å². The molecule has 0 spiro atoms. The van der Waals surface area contributed by atoms with Crippen molar-refractivity contribution in [3.8, 4) is 0 Å². The fraction of sp³-hybridized carbons (Fsp3) is 0.579. The molecular weight excluding hydrogens is 368 g/mol. The Balaban J connectivity index is 0.00000114. The topological polar surface area (TPSA) is 118 Å². The van der Waals surface area contributed by atoms with Gasteiger partial charge in [-0.3, -0.25) is 4.79 Å². The summed E-state index contributed by atoms with van der Waals surface area (Å²) in [5, 5.41) is 18.3. The standard InChI is InChI=1S/C18H27BClNO3.CO2/c20-16-10-8-15(9-11-16)18(22)14-6-4-13(5-7-14)17(21)3-1-2-12-19(23)24;2-1-3/h8-11,13-14,17,23-24H,1-7,12,21H2;/t13?,14?,17-;/m1./s1. The molecule has 0 heterocycles. The molecule has 1 aliphatic carbocycles. The summed E-state index contributed by atoms with van der Waals surface area (Å²) in [7, 11) is -1.21. The molecule has 0 radical (unpaired) electrons. The van der Waals surface area contributed by atoms with E-state index in [1.54, 1.807) is 24.3 Å². The second-order valence-electron chi connectivity index (χ2n) is 7.00. The number of hydrogen-bond donors (Lipinski definition) is 3. The molecule has 1 atom stereocenters. The lowest BCUT2D eigenvalue weighted by atomic mass is 9.75. The molecule has 1 fully saturated rings. The Kier molecular flexibility index (Phi) is 11.2. The Bertz CT molecular complexity index is 597. The van der Waals surface area contributed by atoms with Gasteiger partial charge in [-0.1, -0.05) is 24.4 Å². The second kappa shape index (κ2) is 12.8. The summed E-state index contributed by atoms with van der Waals surface area (Å²) >= 11 is 5.87. The van der Waals surface area contributed by atoms with Crippen molar-refractivity contribution in [2.24, 2.45) is 17.6 Å². The zero-order valence-electron chi connectivity index (χ0n) is 15.4. The van der Waals surface area contributed by atoms with Crippen LogP contribution in [0.1, 0.15) is 55.3 Å². The minimum atomic E-state index is -1.21. The van der Waals surface area contributed by atoms with E-state index < -0.39 is 7.12 Å². The van der Waals surface area contributed by atoms with Crippen molar-refractivity contribution >= 4 is 30.7 Å². The van der Waals surface area contributed by atoms with Gasteiger partial charge in [0.05, 0.1) is 0 Å². The predicted octanol–water partition coefficient (Wildman–Crippen LogP) is 2.72. The van der Waals surface area contributed by atoms with Gasteiger partial charge in [0.15, 0.2) is 5.78 Å². The lowest BCUT2D eigenvalue weighted by molar-refractivity contribution is -0.191. The molecule has 4 N–H and O–H groups in total. The number of Topliss-reactive ketones (excluding diaryl/α,β-unsaturated/α-hetero) is 1. The van der Waals surface area contributed by atoms with Crippen LogP contribution in [0.3, 0.4) is 0 Å². The van der Waals surface area contributed by atoms with Crippen molar-refractivity contribution < 1.29 is 24.4 Å². The van der Waals surface area contributed by atoms with Crippen molar-refractivity contribution in [3.05, 3.63) is 34.9 Å². The van der Waals surface area contributed by atoms with E-state index in [0.29, 0.717) is 17.3 Å². The predicted molar refractivity (Wildman–Crippen MR) is 103 cm³/mol. The molecule has 0 unspecified atom stereocenters. The maximum Gasteiger partial charge on any atom is 0.451 e. The maximum atomic E-state index is 12.5. The average molecular weight is 396 g/mol. The van der Waals surface area contributed by atoms with Gasteiger partial charge in [-0.05, 0) is 68.6 Å². The van der Waals surface area contributed by atoms with Gasteiger partial charge >= 0.3 is 13.3 Å². The maximum absolute atomic E-state index is 12.5. The Morgan fingerprint density at radius 2 is 1.70 bits per heavy atom.